The van der Waals surface area contributed by atoms with E-state index in [1.807, 2.05) is 4.90 Å². The summed E-state index contributed by atoms with van der Waals surface area (Å²) in [7, 11) is 0. The largest absolute Gasteiger partial charge is 0.433 e. The van der Waals surface area contributed by atoms with Crippen molar-refractivity contribution in [1.29, 1.82) is 0 Å². The van der Waals surface area contributed by atoms with Crippen LogP contribution in [0.4, 0.5) is 24.9 Å². The Bertz CT molecular complexity index is 476. The first-order valence-electron chi connectivity index (χ1n) is 7.39. The van der Waals surface area contributed by atoms with Crippen LogP contribution in [-0.2, 0) is 6.18 Å². The summed E-state index contributed by atoms with van der Waals surface area (Å²) in [5.41, 5.74) is -0.887. The number of hydrogen-bond donors (Lipinski definition) is 1. The Kier molecular flexibility index (Phi) is 4.90. The molecular formula is C14H21F3N4. The Labute approximate surface area is 122 Å². The van der Waals surface area contributed by atoms with Gasteiger partial charge in [-0.25, -0.2) is 4.98 Å². The van der Waals surface area contributed by atoms with Crippen molar-refractivity contribution >= 4 is 11.8 Å². The van der Waals surface area contributed by atoms with Gasteiger partial charge in [-0.15, -0.1) is 0 Å². The molecule has 0 spiro atoms. The van der Waals surface area contributed by atoms with E-state index in [1.54, 1.807) is 6.92 Å². The molecule has 1 saturated heterocycles. The van der Waals surface area contributed by atoms with E-state index >= 15 is 0 Å². The Hall–Kier alpha value is -1.53. The average molecular weight is 302 g/mol. The number of alkyl halides is 3. The lowest BCUT2D eigenvalue weighted by Crippen LogP contribution is -2.36. The lowest BCUT2D eigenvalue weighted by Gasteiger charge is -2.33. The lowest BCUT2D eigenvalue weighted by atomic mass is 9.96. The Morgan fingerprint density at radius 3 is 2.71 bits per heavy atom. The first-order chi connectivity index (χ1) is 9.94. The molecular weight excluding hydrogens is 281 g/mol. The molecule has 0 amide bonds. The molecule has 21 heavy (non-hydrogen) atoms. The van der Waals surface area contributed by atoms with Gasteiger partial charge in [0, 0.05) is 25.7 Å². The van der Waals surface area contributed by atoms with Gasteiger partial charge in [-0.05, 0) is 25.7 Å². The third-order valence-electron chi connectivity index (χ3n) is 3.76. The fraction of sp³-hybridized carbons (Fsp3) is 0.714. The second-order valence-corrected chi connectivity index (χ2v) is 5.33. The Morgan fingerprint density at radius 1 is 1.33 bits per heavy atom. The molecule has 4 nitrogen and oxygen atoms in total. The number of piperidine rings is 1. The van der Waals surface area contributed by atoms with E-state index in [0.29, 0.717) is 18.3 Å². The molecule has 1 N–H and O–H groups in total. The number of hydrogen-bond acceptors (Lipinski definition) is 4. The van der Waals surface area contributed by atoms with Crippen molar-refractivity contribution < 1.29 is 13.2 Å². The fourth-order valence-electron chi connectivity index (χ4n) is 2.59. The van der Waals surface area contributed by atoms with Crippen LogP contribution in [-0.4, -0.2) is 29.6 Å². The van der Waals surface area contributed by atoms with Crippen LogP contribution in [0.2, 0.25) is 0 Å². The molecule has 0 radical (unpaired) electrons. The quantitative estimate of drug-likeness (QED) is 0.923. The second-order valence-electron chi connectivity index (χ2n) is 5.33. The standard InChI is InChI=1S/C14H21F3N4/c1-3-10-6-5-7-21(9-10)12-8-11(14(15,16)17)19-13(20-12)18-4-2/h8,10H,3-7,9H2,1-2H3,(H,18,19,20). The second kappa shape index (κ2) is 6.49. The molecule has 2 heterocycles. The highest BCUT2D eigenvalue weighted by atomic mass is 19.4. The molecule has 7 heteroatoms. The summed E-state index contributed by atoms with van der Waals surface area (Å²) in [6.45, 7) is 5.90. The highest BCUT2D eigenvalue weighted by Gasteiger charge is 2.34. The van der Waals surface area contributed by atoms with Gasteiger partial charge in [-0.3, -0.25) is 0 Å². The van der Waals surface area contributed by atoms with Crippen molar-refractivity contribution in [1.82, 2.24) is 9.97 Å². The molecule has 118 valence electrons. The van der Waals surface area contributed by atoms with Gasteiger partial charge in [0.2, 0.25) is 5.95 Å². The highest BCUT2D eigenvalue weighted by molar-refractivity contribution is 5.46. The van der Waals surface area contributed by atoms with Crippen molar-refractivity contribution in [3.05, 3.63) is 11.8 Å². The van der Waals surface area contributed by atoms with Crippen LogP contribution in [0.1, 0.15) is 38.8 Å². The first-order valence-corrected chi connectivity index (χ1v) is 7.39. The number of halogens is 3. The predicted octanol–water partition coefficient (Wildman–Crippen LogP) is 3.55. The molecule has 0 aliphatic carbocycles. The highest BCUT2D eigenvalue weighted by Crippen LogP contribution is 2.32. The van der Waals surface area contributed by atoms with Gasteiger partial charge in [-0.2, -0.15) is 18.2 Å². The zero-order valence-electron chi connectivity index (χ0n) is 12.4. The van der Waals surface area contributed by atoms with Gasteiger partial charge in [0.25, 0.3) is 0 Å². The summed E-state index contributed by atoms with van der Waals surface area (Å²) in [5.74, 6) is 0.929. The fourth-order valence-corrected chi connectivity index (χ4v) is 2.59. The molecule has 1 aliphatic rings. The maximum absolute atomic E-state index is 13.0. The minimum Gasteiger partial charge on any atom is -0.356 e. The smallest absolute Gasteiger partial charge is 0.356 e. The number of anilines is 2. The molecule has 0 aromatic carbocycles. The molecule has 1 fully saturated rings. The topological polar surface area (TPSA) is 41.1 Å². The van der Waals surface area contributed by atoms with E-state index in [1.165, 1.54) is 0 Å². The van der Waals surface area contributed by atoms with E-state index in [-0.39, 0.29) is 5.95 Å². The number of rotatable bonds is 4. The van der Waals surface area contributed by atoms with Gasteiger partial charge in [0.1, 0.15) is 5.82 Å². The molecule has 1 aromatic heterocycles. The summed E-state index contributed by atoms with van der Waals surface area (Å²) in [6.07, 6.45) is -1.31. The van der Waals surface area contributed by atoms with Crippen LogP contribution >= 0.6 is 0 Å². The summed E-state index contributed by atoms with van der Waals surface area (Å²) >= 11 is 0. The van der Waals surface area contributed by atoms with E-state index in [0.717, 1.165) is 38.4 Å². The molecule has 1 aromatic rings. The van der Waals surface area contributed by atoms with Gasteiger partial charge in [0.05, 0.1) is 0 Å². The van der Waals surface area contributed by atoms with Crippen molar-refractivity contribution in [2.75, 3.05) is 29.9 Å². The third-order valence-corrected chi connectivity index (χ3v) is 3.76. The van der Waals surface area contributed by atoms with Crippen LogP contribution in [0.3, 0.4) is 0 Å². The molecule has 1 atom stereocenters. The Balaban J connectivity index is 2.31. The summed E-state index contributed by atoms with van der Waals surface area (Å²) in [4.78, 5) is 9.73. The van der Waals surface area contributed by atoms with Crippen molar-refractivity contribution in [2.45, 2.75) is 39.3 Å². The molecule has 0 bridgehead atoms. The number of nitrogens with zero attached hydrogens (tertiary/aromatic N) is 3. The van der Waals surface area contributed by atoms with Crippen molar-refractivity contribution in [2.24, 2.45) is 5.92 Å². The van der Waals surface area contributed by atoms with Crippen LogP contribution in [0.15, 0.2) is 6.07 Å². The number of nitrogens with one attached hydrogen (secondary N) is 1. The molecule has 0 saturated carbocycles. The van der Waals surface area contributed by atoms with E-state index < -0.39 is 11.9 Å². The van der Waals surface area contributed by atoms with Crippen LogP contribution < -0.4 is 10.2 Å². The first kappa shape index (κ1) is 15.9. The third kappa shape index (κ3) is 3.98. The lowest BCUT2D eigenvalue weighted by molar-refractivity contribution is -0.141. The zero-order chi connectivity index (χ0) is 15.5. The predicted molar refractivity (Wildman–Crippen MR) is 76.4 cm³/mol. The average Bonchev–Trinajstić information content (AvgIpc) is 2.46. The maximum atomic E-state index is 13.0. The Morgan fingerprint density at radius 2 is 2.10 bits per heavy atom. The summed E-state index contributed by atoms with van der Waals surface area (Å²) < 4.78 is 38.9. The monoisotopic (exact) mass is 302 g/mol. The molecule has 1 unspecified atom stereocenters. The summed E-state index contributed by atoms with van der Waals surface area (Å²) in [5, 5.41) is 2.78. The normalized spacial score (nSPS) is 19.7. The van der Waals surface area contributed by atoms with Gasteiger partial charge >= 0.3 is 6.18 Å². The van der Waals surface area contributed by atoms with E-state index in [4.69, 9.17) is 0 Å². The van der Waals surface area contributed by atoms with Gasteiger partial charge < -0.3 is 10.2 Å². The minimum atomic E-state index is -4.46. The SMILES string of the molecule is CCNc1nc(N2CCCC(CC)C2)cc(C(F)(F)F)n1. The van der Waals surface area contributed by atoms with Gasteiger partial charge in [-0.1, -0.05) is 13.3 Å². The van der Waals surface area contributed by atoms with Crippen molar-refractivity contribution in [3.63, 3.8) is 0 Å². The minimum absolute atomic E-state index is 0.0425. The summed E-state index contributed by atoms with van der Waals surface area (Å²) in [6, 6.07) is 1.05. The van der Waals surface area contributed by atoms with Crippen LogP contribution in [0.5, 0.6) is 0 Å². The zero-order valence-corrected chi connectivity index (χ0v) is 12.4. The van der Waals surface area contributed by atoms with Crippen LogP contribution in [0.25, 0.3) is 0 Å². The van der Waals surface area contributed by atoms with Crippen molar-refractivity contribution in [3.8, 4) is 0 Å². The van der Waals surface area contributed by atoms with Gasteiger partial charge in [0.15, 0.2) is 5.69 Å². The van der Waals surface area contributed by atoms with E-state index in [2.05, 4.69) is 22.2 Å². The number of aromatic nitrogens is 2. The maximum Gasteiger partial charge on any atom is 0.433 e. The molecule has 1 aliphatic heterocycles. The molecule has 2 rings (SSSR count). The van der Waals surface area contributed by atoms with E-state index in [9.17, 15) is 13.2 Å². The van der Waals surface area contributed by atoms with Crippen LogP contribution in [0, 0.1) is 5.92 Å².